The van der Waals surface area contributed by atoms with Gasteiger partial charge in [0, 0.05) is 26.9 Å². The zero-order valence-corrected chi connectivity index (χ0v) is 15.0. The summed E-state index contributed by atoms with van der Waals surface area (Å²) in [5, 5.41) is 4.23. The van der Waals surface area contributed by atoms with E-state index in [-0.39, 0.29) is 18.1 Å². The van der Waals surface area contributed by atoms with Crippen LogP contribution in [-0.4, -0.2) is 59.6 Å². The molecule has 0 saturated carbocycles. The molecular weight excluding hydrogens is 322 g/mol. The van der Waals surface area contributed by atoms with Gasteiger partial charge in [-0.15, -0.1) is 0 Å². The highest BCUT2D eigenvalue weighted by Gasteiger charge is 2.38. The van der Waals surface area contributed by atoms with Gasteiger partial charge in [0.1, 0.15) is 5.76 Å². The Morgan fingerprint density at radius 2 is 2.28 bits per heavy atom. The summed E-state index contributed by atoms with van der Waals surface area (Å²) >= 11 is 0. The van der Waals surface area contributed by atoms with Crippen molar-refractivity contribution in [2.75, 3.05) is 26.9 Å². The predicted octanol–water partition coefficient (Wildman–Crippen LogP) is 1.81. The lowest BCUT2D eigenvalue weighted by molar-refractivity contribution is 0.000470. The number of ether oxygens (including phenoxy) is 2. The molecule has 1 aliphatic rings. The van der Waals surface area contributed by atoms with Gasteiger partial charge in [-0.3, -0.25) is 9.48 Å². The number of rotatable bonds is 7. The van der Waals surface area contributed by atoms with Crippen molar-refractivity contribution < 1.29 is 18.7 Å². The van der Waals surface area contributed by atoms with Crippen LogP contribution in [0.3, 0.4) is 0 Å². The number of carbonyl (C=O) groups excluding carboxylic acids is 1. The molecule has 2 aromatic heterocycles. The lowest BCUT2D eigenvalue weighted by Crippen LogP contribution is -2.42. The average molecular weight is 347 g/mol. The Morgan fingerprint density at radius 1 is 1.44 bits per heavy atom. The third-order valence-corrected chi connectivity index (χ3v) is 4.66. The van der Waals surface area contributed by atoms with E-state index in [1.165, 1.54) is 0 Å². The van der Waals surface area contributed by atoms with Crippen LogP contribution in [0.25, 0.3) is 0 Å². The molecule has 0 N–H and O–H groups in total. The number of likely N-dealkylation sites (tertiary alicyclic amines) is 1. The summed E-state index contributed by atoms with van der Waals surface area (Å²) in [5.41, 5.74) is 1.71. The third kappa shape index (κ3) is 3.93. The monoisotopic (exact) mass is 347 g/mol. The molecule has 0 spiro atoms. The van der Waals surface area contributed by atoms with Crippen molar-refractivity contribution in [2.45, 2.75) is 31.9 Å². The summed E-state index contributed by atoms with van der Waals surface area (Å²) in [5.74, 6) is 0.645. The minimum atomic E-state index is -0.0251. The third-order valence-electron chi connectivity index (χ3n) is 4.66. The quantitative estimate of drug-likeness (QED) is 0.715. The molecule has 0 aromatic carbocycles. The fourth-order valence-electron chi connectivity index (χ4n) is 3.38. The summed E-state index contributed by atoms with van der Waals surface area (Å²) in [6.45, 7) is 3.56. The highest BCUT2D eigenvalue weighted by atomic mass is 16.5. The highest BCUT2D eigenvalue weighted by molar-refractivity contribution is 5.95. The van der Waals surface area contributed by atoms with Crippen LogP contribution in [-0.2, 0) is 22.9 Å². The number of amides is 1. The first-order chi connectivity index (χ1) is 12.1. The maximum absolute atomic E-state index is 13.0. The van der Waals surface area contributed by atoms with Crippen LogP contribution in [0.5, 0.6) is 0 Å². The first-order valence-electron chi connectivity index (χ1n) is 8.53. The van der Waals surface area contributed by atoms with E-state index in [1.807, 2.05) is 31.3 Å². The molecule has 7 nitrogen and oxygen atoms in total. The highest BCUT2D eigenvalue weighted by Crippen LogP contribution is 2.27. The van der Waals surface area contributed by atoms with Crippen LogP contribution in [0.15, 0.2) is 29.1 Å². The minimum Gasteiger partial charge on any atom is -0.469 e. The van der Waals surface area contributed by atoms with E-state index in [0.29, 0.717) is 37.5 Å². The number of hydrogen-bond acceptors (Lipinski definition) is 5. The van der Waals surface area contributed by atoms with E-state index >= 15 is 0 Å². The van der Waals surface area contributed by atoms with Gasteiger partial charge in [0.25, 0.3) is 5.91 Å². The van der Waals surface area contributed by atoms with E-state index in [2.05, 4.69) is 5.10 Å². The van der Waals surface area contributed by atoms with Gasteiger partial charge in [0.2, 0.25) is 0 Å². The molecule has 0 bridgehead atoms. The van der Waals surface area contributed by atoms with Crippen molar-refractivity contribution in [3.05, 3.63) is 41.6 Å². The molecule has 3 heterocycles. The van der Waals surface area contributed by atoms with Crippen LogP contribution < -0.4 is 0 Å². The topological polar surface area (TPSA) is 69.7 Å². The molecular formula is C18H25N3O4. The van der Waals surface area contributed by atoms with Gasteiger partial charge in [-0.2, -0.15) is 5.10 Å². The molecule has 0 radical (unpaired) electrons. The molecule has 1 fully saturated rings. The molecule has 2 atom stereocenters. The SMILES string of the molecule is COCCO[C@@H]1CCN(C(=O)c2ccoc2C)[C@H]1Cc1cnn(C)c1. The fraction of sp³-hybridized carbons (Fsp3) is 0.556. The standard InChI is InChI=1S/C18H25N3O4/c1-13-15(5-7-24-13)18(22)21-6-4-17(25-9-8-23-3)16(21)10-14-11-19-20(2)12-14/h5,7,11-12,16-17H,4,6,8-10H2,1-3H3/t16-,17+/m0/s1. The van der Waals surface area contributed by atoms with Crippen LogP contribution in [0.2, 0.25) is 0 Å². The fourth-order valence-corrected chi connectivity index (χ4v) is 3.38. The Hall–Kier alpha value is -2.12. The Bertz CT molecular complexity index is 709. The van der Waals surface area contributed by atoms with E-state index in [9.17, 15) is 4.79 Å². The van der Waals surface area contributed by atoms with E-state index in [4.69, 9.17) is 13.9 Å². The predicted molar refractivity (Wildman–Crippen MR) is 91.4 cm³/mol. The first-order valence-corrected chi connectivity index (χ1v) is 8.53. The summed E-state index contributed by atoms with van der Waals surface area (Å²) in [4.78, 5) is 14.9. The Kier molecular flexibility index (Phi) is 5.55. The zero-order valence-electron chi connectivity index (χ0n) is 15.0. The number of aryl methyl sites for hydroxylation is 2. The maximum atomic E-state index is 13.0. The van der Waals surface area contributed by atoms with Crippen molar-refractivity contribution >= 4 is 5.91 Å². The van der Waals surface area contributed by atoms with Crippen LogP contribution in [0, 0.1) is 6.92 Å². The number of methoxy groups -OCH3 is 1. The van der Waals surface area contributed by atoms with Crippen LogP contribution in [0.1, 0.15) is 28.1 Å². The Balaban J connectivity index is 1.77. The van der Waals surface area contributed by atoms with Gasteiger partial charge < -0.3 is 18.8 Å². The van der Waals surface area contributed by atoms with Crippen LogP contribution in [0.4, 0.5) is 0 Å². The van der Waals surface area contributed by atoms with Crippen molar-refractivity contribution in [3.63, 3.8) is 0 Å². The van der Waals surface area contributed by atoms with E-state index in [1.54, 1.807) is 24.1 Å². The molecule has 1 aliphatic heterocycles. The number of hydrogen-bond donors (Lipinski definition) is 0. The van der Waals surface area contributed by atoms with Crippen molar-refractivity contribution in [1.82, 2.24) is 14.7 Å². The van der Waals surface area contributed by atoms with E-state index < -0.39 is 0 Å². The number of furan rings is 1. The number of nitrogens with zero attached hydrogens (tertiary/aromatic N) is 3. The molecule has 3 rings (SSSR count). The summed E-state index contributed by atoms with van der Waals surface area (Å²) < 4.78 is 18.1. The average Bonchev–Trinajstić information content (AvgIpc) is 3.29. The lowest BCUT2D eigenvalue weighted by atomic mass is 10.0. The first kappa shape index (κ1) is 17.7. The smallest absolute Gasteiger partial charge is 0.257 e. The molecule has 7 heteroatoms. The molecule has 2 aromatic rings. The Labute approximate surface area is 147 Å². The molecule has 1 amide bonds. The second-order valence-corrected chi connectivity index (χ2v) is 6.37. The number of aromatic nitrogens is 2. The van der Waals surface area contributed by atoms with Crippen molar-refractivity contribution in [1.29, 1.82) is 0 Å². The largest absolute Gasteiger partial charge is 0.469 e. The Morgan fingerprint density at radius 3 is 2.92 bits per heavy atom. The molecule has 25 heavy (non-hydrogen) atoms. The second kappa shape index (κ2) is 7.84. The molecule has 0 aliphatic carbocycles. The van der Waals surface area contributed by atoms with Crippen molar-refractivity contribution in [3.8, 4) is 0 Å². The van der Waals surface area contributed by atoms with Gasteiger partial charge in [-0.1, -0.05) is 0 Å². The lowest BCUT2D eigenvalue weighted by Gasteiger charge is -2.28. The van der Waals surface area contributed by atoms with E-state index in [0.717, 1.165) is 12.0 Å². The number of carbonyl (C=O) groups is 1. The zero-order chi connectivity index (χ0) is 17.8. The summed E-state index contributed by atoms with van der Waals surface area (Å²) in [6, 6.07) is 1.71. The van der Waals surface area contributed by atoms with Gasteiger partial charge in [-0.25, -0.2) is 0 Å². The van der Waals surface area contributed by atoms with Crippen molar-refractivity contribution in [2.24, 2.45) is 7.05 Å². The summed E-state index contributed by atoms with van der Waals surface area (Å²) in [7, 11) is 3.55. The molecule has 136 valence electrons. The molecule has 1 saturated heterocycles. The van der Waals surface area contributed by atoms with Gasteiger partial charge in [-0.05, 0) is 31.4 Å². The van der Waals surface area contributed by atoms with Gasteiger partial charge in [0.05, 0.1) is 43.4 Å². The molecule has 0 unspecified atom stereocenters. The summed E-state index contributed by atoms with van der Waals surface area (Å²) in [6.07, 6.45) is 6.91. The normalized spacial score (nSPS) is 20.4. The second-order valence-electron chi connectivity index (χ2n) is 6.37. The maximum Gasteiger partial charge on any atom is 0.257 e. The van der Waals surface area contributed by atoms with Crippen LogP contribution >= 0.6 is 0 Å². The van der Waals surface area contributed by atoms with Gasteiger partial charge in [0.15, 0.2) is 0 Å². The van der Waals surface area contributed by atoms with Gasteiger partial charge >= 0.3 is 0 Å². The minimum absolute atomic E-state index is 0.00187.